The van der Waals surface area contributed by atoms with Crippen molar-refractivity contribution in [1.82, 2.24) is 5.32 Å². The van der Waals surface area contributed by atoms with Crippen LogP contribution >= 0.6 is 15.9 Å². The lowest BCUT2D eigenvalue weighted by Crippen LogP contribution is -2.34. The fraction of sp³-hybridized carbons (Fsp3) is 0.647. The van der Waals surface area contributed by atoms with Crippen molar-refractivity contribution in [3.05, 3.63) is 28.7 Å². The highest BCUT2D eigenvalue weighted by atomic mass is 79.9. The molecule has 0 aromatic heterocycles. The van der Waals surface area contributed by atoms with Gasteiger partial charge in [-0.2, -0.15) is 0 Å². The predicted molar refractivity (Wildman–Crippen MR) is 88.3 cm³/mol. The van der Waals surface area contributed by atoms with Gasteiger partial charge in [0.2, 0.25) is 0 Å². The van der Waals surface area contributed by atoms with Crippen LogP contribution in [0.1, 0.15) is 46.0 Å². The minimum Gasteiger partial charge on any atom is -0.494 e. The molecule has 1 N–H and O–H groups in total. The van der Waals surface area contributed by atoms with Crippen LogP contribution in [0.4, 0.5) is 0 Å². The van der Waals surface area contributed by atoms with E-state index >= 15 is 0 Å². The Morgan fingerprint density at radius 2 is 2.15 bits per heavy atom. The van der Waals surface area contributed by atoms with Crippen molar-refractivity contribution in [3.63, 3.8) is 0 Å². The first-order valence-corrected chi connectivity index (χ1v) is 8.52. The molecule has 1 saturated carbocycles. The van der Waals surface area contributed by atoms with E-state index in [0.29, 0.717) is 5.41 Å². The van der Waals surface area contributed by atoms with Crippen LogP contribution < -0.4 is 10.1 Å². The second-order valence-corrected chi connectivity index (χ2v) is 7.19. The Morgan fingerprint density at radius 3 is 2.80 bits per heavy atom. The summed E-state index contributed by atoms with van der Waals surface area (Å²) in [5.74, 6) is 0.952. The predicted octanol–water partition coefficient (Wildman–Crippen LogP) is 4.78. The van der Waals surface area contributed by atoms with Gasteiger partial charge in [-0.15, -0.1) is 0 Å². The zero-order valence-electron chi connectivity index (χ0n) is 12.6. The molecule has 1 fully saturated rings. The fourth-order valence-electron chi connectivity index (χ4n) is 2.56. The highest BCUT2D eigenvalue weighted by molar-refractivity contribution is 9.10. The van der Waals surface area contributed by atoms with Crippen LogP contribution in [0.5, 0.6) is 5.75 Å². The molecule has 0 spiro atoms. The lowest BCUT2D eigenvalue weighted by Gasteiger charge is -2.30. The molecule has 2 rings (SSSR count). The Bertz CT molecular complexity index is 419. The van der Waals surface area contributed by atoms with Crippen LogP contribution in [0.25, 0.3) is 0 Å². The van der Waals surface area contributed by atoms with E-state index < -0.39 is 0 Å². The molecule has 0 bridgehead atoms. The number of hydrogen-bond acceptors (Lipinski definition) is 2. The normalized spacial score (nSPS) is 17.8. The number of ether oxygens (including phenoxy) is 1. The minimum absolute atomic E-state index is 0.351. The topological polar surface area (TPSA) is 21.3 Å². The molecule has 1 aromatic rings. The SMILES string of the molecule is CCCC(C)(CCOc1cccc(Br)c1)CNC1CC1. The Hall–Kier alpha value is -0.540. The third-order valence-corrected chi connectivity index (χ3v) is 4.51. The third-order valence-electron chi connectivity index (χ3n) is 4.02. The molecule has 0 saturated heterocycles. The Balaban J connectivity index is 1.78. The maximum atomic E-state index is 5.89. The Morgan fingerprint density at radius 1 is 1.35 bits per heavy atom. The number of nitrogens with one attached hydrogen (secondary N) is 1. The van der Waals surface area contributed by atoms with E-state index in [1.165, 1.54) is 25.7 Å². The monoisotopic (exact) mass is 339 g/mol. The second-order valence-electron chi connectivity index (χ2n) is 6.27. The van der Waals surface area contributed by atoms with Gasteiger partial charge in [-0.05, 0) is 49.3 Å². The molecule has 3 heteroatoms. The average molecular weight is 340 g/mol. The summed E-state index contributed by atoms with van der Waals surface area (Å²) >= 11 is 3.48. The van der Waals surface area contributed by atoms with Crippen molar-refractivity contribution in [1.29, 1.82) is 0 Å². The molecule has 0 aliphatic heterocycles. The van der Waals surface area contributed by atoms with Crippen molar-refractivity contribution in [3.8, 4) is 5.75 Å². The molecule has 1 unspecified atom stereocenters. The van der Waals surface area contributed by atoms with E-state index in [-0.39, 0.29) is 0 Å². The molecule has 20 heavy (non-hydrogen) atoms. The maximum absolute atomic E-state index is 5.89. The summed E-state index contributed by atoms with van der Waals surface area (Å²) in [5, 5.41) is 3.68. The van der Waals surface area contributed by atoms with Crippen molar-refractivity contribution >= 4 is 15.9 Å². The molecule has 0 amide bonds. The minimum atomic E-state index is 0.351. The van der Waals surface area contributed by atoms with Crippen LogP contribution in [-0.4, -0.2) is 19.2 Å². The van der Waals surface area contributed by atoms with Crippen LogP contribution in [0.15, 0.2) is 28.7 Å². The summed E-state index contributed by atoms with van der Waals surface area (Å²) in [6.45, 7) is 6.56. The first-order valence-electron chi connectivity index (χ1n) is 7.73. The molecule has 0 radical (unpaired) electrons. The van der Waals surface area contributed by atoms with Crippen molar-refractivity contribution in [2.45, 2.75) is 52.0 Å². The van der Waals surface area contributed by atoms with Crippen LogP contribution in [0.2, 0.25) is 0 Å². The Labute approximate surface area is 131 Å². The molecule has 1 aliphatic carbocycles. The van der Waals surface area contributed by atoms with Gasteiger partial charge in [0.1, 0.15) is 5.75 Å². The summed E-state index contributed by atoms with van der Waals surface area (Å²) in [5.41, 5.74) is 0.351. The van der Waals surface area contributed by atoms with Gasteiger partial charge >= 0.3 is 0 Å². The summed E-state index contributed by atoms with van der Waals surface area (Å²) in [6, 6.07) is 8.87. The highest BCUT2D eigenvalue weighted by Gasteiger charge is 2.27. The van der Waals surface area contributed by atoms with E-state index in [1.54, 1.807) is 0 Å². The lowest BCUT2D eigenvalue weighted by molar-refractivity contribution is 0.192. The van der Waals surface area contributed by atoms with Gasteiger partial charge < -0.3 is 10.1 Å². The first-order chi connectivity index (χ1) is 9.61. The number of halogens is 1. The molecule has 1 aliphatic rings. The van der Waals surface area contributed by atoms with Crippen molar-refractivity contribution < 1.29 is 4.74 Å². The van der Waals surface area contributed by atoms with E-state index in [1.807, 2.05) is 24.3 Å². The lowest BCUT2D eigenvalue weighted by atomic mass is 9.82. The van der Waals surface area contributed by atoms with Gasteiger partial charge in [-0.3, -0.25) is 0 Å². The molecule has 0 heterocycles. The van der Waals surface area contributed by atoms with Crippen LogP contribution in [0, 0.1) is 5.41 Å². The first kappa shape index (κ1) is 15.8. The van der Waals surface area contributed by atoms with Gasteiger partial charge in [0.05, 0.1) is 6.61 Å². The van der Waals surface area contributed by atoms with Gasteiger partial charge in [-0.25, -0.2) is 0 Å². The van der Waals surface area contributed by atoms with Crippen molar-refractivity contribution in [2.75, 3.05) is 13.2 Å². The van der Waals surface area contributed by atoms with Gasteiger partial charge in [-0.1, -0.05) is 42.3 Å². The number of hydrogen-bond donors (Lipinski definition) is 1. The zero-order valence-corrected chi connectivity index (χ0v) is 14.2. The van der Waals surface area contributed by atoms with Crippen molar-refractivity contribution in [2.24, 2.45) is 5.41 Å². The summed E-state index contributed by atoms with van der Waals surface area (Å²) in [4.78, 5) is 0. The standard InChI is InChI=1S/C17H26BrNO/c1-3-9-17(2,13-19-15-7-8-15)10-11-20-16-6-4-5-14(18)12-16/h4-6,12,15,19H,3,7-11,13H2,1-2H3. The highest BCUT2D eigenvalue weighted by Crippen LogP contribution is 2.29. The number of rotatable bonds is 9. The fourth-order valence-corrected chi connectivity index (χ4v) is 2.93. The van der Waals surface area contributed by atoms with Crippen LogP contribution in [-0.2, 0) is 0 Å². The average Bonchev–Trinajstić information content (AvgIpc) is 3.21. The van der Waals surface area contributed by atoms with Gasteiger partial charge in [0, 0.05) is 17.1 Å². The number of benzene rings is 1. The van der Waals surface area contributed by atoms with E-state index in [2.05, 4.69) is 35.1 Å². The smallest absolute Gasteiger partial charge is 0.120 e. The van der Waals surface area contributed by atoms with E-state index in [9.17, 15) is 0 Å². The zero-order chi connectivity index (χ0) is 14.4. The molecule has 2 nitrogen and oxygen atoms in total. The molecule has 1 aromatic carbocycles. The maximum Gasteiger partial charge on any atom is 0.120 e. The van der Waals surface area contributed by atoms with Gasteiger partial charge in [0.15, 0.2) is 0 Å². The Kier molecular flexibility index (Phi) is 5.91. The van der Waals surface area contributed by atoms with Gasteiger partial charge in [0.25, 0.3) is 0 Å². The van der Waals surface area contributed by atoms with E-state index in [0.717, 1.165) is 35.8 Å². The molecular formula is C17H26BrNO. The largest absolute Gasteiger partial charge is 0.494 e. The third kappa shape index (κ3) is 5.45. The quantitative estimate of drug-likeness (QED) is 0.699. The van der Waals surface area contributed by atoms with Crippen LogP contribution in [0.3, 0.4) is 0 Å². The molecular weight excluding hydrogens is 314 g/mol. The summed E-state index contributed by atoms with van der Waals surface area (Å²) in [7, 11) is 0. The second kappa shape index (κ2) is 7.46. The summed E-state index contributed by atoms with van der Waals surface area (Å²) < 4.78 is 6.96. The summed E-state index contributed by atoms with van der Waals surface area (Å²) in [6.07, 6.45) is 6.31. The van der Waals surface area contributed by atoms with E-state index in [4.69, 9.17) is 4.74 Å². The molecule has 1 atom stereocenters. The molecule has 112 valence electrons.